The first-order chi connectivity index (χ1) is 7.83. The smallest absolute Gasteiger partial charge is 0.163 e. The minimum absolute atomic E-state index is 0.731. The zero-order chi connectivity index (χ0) is 11.6. The molecule has 16 heavy (non-hydrogen) atoms. The highest BCUT2D eigenvalue weighted by molar-refractivity contribution is 8.32. The zero-order valence-corrected chi connectivity index (χ0v) is 11.1. The van der Waals surface area contributed by atoms with Crippen LogP contribution in [0.2, 0.25) is 0 Å². The minimum atomic E-state index is 0.731. The Morgan fingerprint density at radius 2 is 2.25 bits per heavy atom. The summed E-state index contributed by atoms with van der Waals surface area (Å²) in [6, 6.07) is 0. The second-order valence-electron chi connectivity index (χ2n) is 3.59. The van der Waals surface area contributed by atoms with Gasteiger partial charge in [0.25, 0.3) is 0 Å². The maximum Gasteiger partial charge on any atom is 0.163 e. The minimum Gasteiger partial charge on any atom is -0.371 e. The van der Waals surface area contributed by atoms with E-state index in [1.54, 1.807) is 0 Å². The Kier molecular flexibility index (Phi) is 7.25. The molecule has 0 spiro atoms. The maximum absolute atomic E-state index is 5.23. The molecule has 0 aromatic rings. The van der Waals surface area contributed by atoms with E-state index < -0.39 is 0 Å². The molecule has 0 radical (unpaired) electrons. The van der Waals surface area contributed by atoms with Gasteiger partial charge in [0.1, 0.15) is 4.32 Å². The van der Waals surface area contributed by atoms with E-state index in [0.29, 0.717) is 0 Å². The summed E-state index contributed by atoms with van der Waals surface area (Å²) in [4.78, 5) is 4.51. The second kappa shape index (κ2) is 8.58. The molecule has 5 heteroatoms. The number of nitrogens with one attached hydrogen (secondary N) is 2. The average Bonchev–Trinajstić information content (AvgIpc) is 2.32. The van der Waals surface area contributed by atoms with Crippen molar-refractivity contribution in [3.63, 3.8) is 0 Å². The Morgan fingerprint density at radius 3 is 3.06 bits per heavy atom. The highest BCUT2D eigenvalue weighted by atomic mass is 32.2. The van der Waals surface area contributed by atoms with Gasteiger partial charge >= 0.3 is 0 Å². The van der Waals surface area contributed by atoms with E-state index in [4.69, 9.17) is 12.2 Å². The lowest BCUT2D eigenvalue weighted by molar-refractivity contribution is 0.640. The van der Waals surface area contributed by atoms with E-state index in [9.17, 15) is 0 Å². The third-order valence-electron chi connectivity index (χ3n) is 2.20. The molecule has 0 fully saturated rings. The number of hydrogen-bond donors (Lipinski definition) is 2. The number of thioether (sulfide) groups is 1. The standard InChI is InChI=1S/C11H19N3S2/c1-2-7-12-10-13-8-5-3-4-6-9-14-11(15)16-10/h2H,1,3-9H2,(H,12,13)(H,14,15). The molecule has 0 aliphatic carbocycles. The van der Waals surface area contributed by atoms with Gasteiger partial charge in [0.2, 0.25) is 0 Å². The molecule has 0 aromatic heterocycles. The first-order valence-electron chi connectivity index (χ1n) is 5.68. The lowest BCUT2D eigenvalue weighted by Gasteiger charge is -2.09. The van der Waals surface area contributed by atoms with Crippen LogP contribution in [0.1, 0.15) is 25.7 Å². The maximum atomic E-state index is 5.23. The fraction of sp³-hybridized carbons (Fsp3) is 0.636. The van der Waals surface area contributed by atoms with E-state index in [2.05, 4.69) is 22.2 Å². The highest BCUT2D eigenvalue weighted by Gasteiger charge is 2.05. The van der Waals surface area contributed by atoms with Crippen LogP contribution < -0.4 is 10.6 Å². The van der Waals surface area contributed by atoms with Crippen molar-refractivity contribution in [1.29, 1.82) is 0 Å². The third kappa shape index (κ3) is 6.12. The third-order valence-corrected chi connectivity index (χ3v) is 3.39. The normalized spacial score (nSPS) is 19.0. The van der Waals surface area contributed by atoms with Crippen molar-refractivity contribution in [2.75, 3.05) is 19.6 Å². The van der Waals surface area contributed by atoms with E-state index in [1.807, 2.05) is 6.08 Å². The molecule has 0 aromatic carbocycles. The zero-order valence-electron chi connectivity index (χ0n) is 9.50. The summed E-state index contributed by atoms with van der Waals surface area (Å²) < 4.78 is 0.803. The van der Waals surface area contributed by atoms with Crippen LogP contribution in [0.3, 0.4) is 0 Å². The van der Waals surface area contributed by atoms with Gasteiger partial charge in [-0.05, 0) is 24.6 Å². The largest absolute Gasteiger partial charge is 0.371 e. The van der Waals surface area contributed by atoms with Crippen molar-refractivity contribution in [1.82, 2.24) is 10.6 Å². The van der Waals surface area contributed by atoms with Crippen LogP contribution in [-0.2, 0) is 0 Å². The molecule has 3 nitrogen and oxygen atoms in total. The van der Waals surface area contributed by atoms with Gasteiger partial charge in [0, 0.05) is 19.6 Å². The van der Waals surface area contributed by atoms with Crippen LogP contribution in [0, 0.1) is 0 Å². The van der Waals surface area contributed by atoms with Gasteiger partial charge in [-0.2, -0.15) is 0 Å². The summed E-state index contributed by atoms with van der Waals surface area (Å²) in [6.07, 6.45) is 6.68. The number of rotatable bonds is 2. The monoisotopic (exact) mass is 257 g/mol. The van der Waals surface area contributed by atoms with Crippen molar-refractivity contribution >= 4 is 33.5 Å². The van der Waals surface area contributed by atoms with Crippen molar-refractivity contribution in [3.05, 3.63) is 12.7 Å². The fourth-order valence-corrected chi connectivity index (χ4v) is 2.37. The molecule has 0 saturated carbocycles. The highest BCUT2D eigenvalue weighted by Crippen LogP contribution is 2.08. The number of aliphatic imine (C=N–C) groups is 1. The summed E-state index contributed by atoms with van der Waals surface area (Å²) in [7, 11) is 0. The van der Waals surface area contributed by atoms with Crippen LogP contribution in [0.4, 0.5) is 0 Å². The van der Waals surface area contributed by atoms with Gasteiger partial charge in [-0.3, -0.25) is 4.99 Å². The van der Waals surface area contributed by atoms with E-state index >= 15 is 0 Å². The Balaban J connectivity index is 2.49. The van der Waals surface area contributed by atoms with Crippen molar-refractivity contribution in [2.24, 2.45) is 4.99 Å². The summed E-state index contributed by atoms with van der Waals surface area (Å²) in [5.74, 6) is 0. The lowest BCUT2D eigenvalue weighted by Crippen LogP contribution is -2.27. The Hall–Kier alpha value is -0.550. The predicted octanol–water partition coefficient (Wildman–Crippen LogP) is 2.30. The van der Waals surface area contributed by atoms with Crippen LogP contribution >= 0.6 is 24.0 Å². The molecule has 0 atom stereocenters. The first kappa shape index (κ1) is 13.5. The van der Waals surface area contributed by atoms with Crippen molar-refractivity contribution in [3.8, 4) is 0 Å². The van der Waals surface area contributed by atoms with Gasteiger partial charge in [0.05, 0.1) is 0 Å². The number of hydrogen-bond acceptors (Lipinski definition) is 4. The van der Waals surface area contributed by atoms with Crippen LogP contribution in [0.25, 0.3) is 0 Å². The number of amidine groups is 1. The lowest BCUT2D eigenvalue weighted by atomic mass is 10.2. The van der Waals surface area contributed by atoms with Gasteiger partial charge in [0.15, 0.2) is 5.17 Å². The van der Waals surface area contributed by atoms with Gasteiger partial charge in [-0.1, -0.05) is 31.1 Å². The molecule has 0 unspecified atom stereocenters. The molecular weight excluding hydrogens is 238 g/mol. The van der Waals surface area contributed by atoms with Crippen LogP contribution in [0.15, 0.2) is 17.6 Å². The molecule has 1 rings (SSSR count). The molecule has 1 aliphatic heterocycles. The Labute approximate surface area is 107 Å². The molecule has 1 heterocycles. The Bertz CT molecular complexity index is 264. The van der Waals surface area contributed by atoms with E-state index in [1.165, 1.54) is 31.0 Å². The number of thiocarbonyl (C=S) groups is 1. The molecule has 1 aliphatic rings. The second-order valence-corrected chi connectivity index (χ2v) is 5.25. The van der Waals surface area contributed by atoms with Gasteiger partial charge in [-0.25, -0.2) is 0 Å². The summed E-state index contributed by atoms with van der Waals surface area (Å²) >= 11 is 6.74. The summed E-state index contributed by atoms with van der Waals surface area (Å²) in [6.45, 7) is 6.27. The van der Waals surface area contributed by atoms with Crippen molar-refractivity contribution < 1.29 is 0 Å². The van der Waals surface area contributed by atoms with Crippen molar-refractivity contribution in [2.45, 2.75) is 25.7 Å². The molecule has 0 amide bonds. The molecule has 90 valence electrons. The topological polar surface area (TPSA) is 36.4 Å². The average molecular weight is 257 g/mol. The van der Waals surface area contributed by atoms with E-state index in [0.717, 1.165) is 35.5 Å². The summed E-state index contributed by atoms with van der Waals surface area (Å²) in [5, 5.41) is 7.34. The molecule has 0 saturated heterocycles. The van der Waals surface area contributed by atoms with Crippen LogP contribution in [-0.4, -0.2) is 29.1 Å². The summed E-state index contributed by atoms with van der Waals surface area (Å²) in [5.41, 5.74) is 0. The predicted molar refractivity (Wildman–Crippen MR) is 77.2 cm³/mol. The van der Waals surface area contributed by atoms with E-state index in [-0.39, 0.29) is 0 Å². The molecule has 0 bridgehead atoms. The van der Waals surface area contributed by atoms with Gasteiger partial charge < -0.3 is 10.6 Å². The van der Waals surface area contributed by atoms with Crippen LogP contribution in [0.5, 0.6) is 0 Å². The SMILES string of the molecule is C=CCNC1=NCCCCCCNC(=S)S1. The first-order valence-corrected chi connectivity index (χ1v) is 6.90. The van der Waals surface area contributed by atoms with Gasteiger partial charge in [-0.15, -0.1) is 6.58 Å². The fourth-order valence-electron chi connectivity index (χ4n) is 1.37. The molecule has 2 N–H and O–H groups in total. The number of nitrogens with zero attached hydrogens (tertiary/aromatic N) is 1. The quantitative estimate of drug-likeness (QED) is 0.588. The molecular formula is C11H19N3S2. The Morgan fingerprint density at radius 1 is 1.44 bits per heavy atom.